The number of methoxy groups -OCH3 is 1. The van der Waals surface area contributed by atoms with Crippen LogP contribution in [0.15, 0.2) is 47.9 Å². The number of carbonyl (C=O) groups excluding carboxylic acids is 1. The van der Waals surface area contributed by atoms with Crippen LogP contribution in [0, 0.1) is 23.7 Å². The van der Waals surface area contributed by atoms with Crippen molar-refractivity contribution in [3.63, 3.8) is 0 Å². The third-order valence-electron chi connectivity index (χ3n) is 7.23. The summed E-state index contributed by atoms with van der Waals surface area (Å²) in [4.78, 5) is 14.8. The van der Waals surface area contributed by atoms with E-state index in [1.165, 1.54) is 0 Å². The smallest absolute Gasteiger partial charge is 0.251 e. The van der Waals surface area contributed by atoms with Gasteiger partial charge in [-0.25, -0.2) is 0 Å². The lowest BCUT2D eigenvalue weighted by Gasteiger charge is -2.35. The molecule has 1 aromatic rings. The fourth-order valence-electron chi connectivity index (χ4n) is 4.63. The maximum Gasteiger partial charge on any atom is 0.251 e. The second-order valence-electron chi connectivity index (χ2n) is 10.8. The molecule has 2 aliphatic carbocycles. The van der Waals surface area contributed by atoms with Crippen molar-refractivity contribution in [2.75, 3.05) is 26.8 Å². The molecule has 0 saturated heterocycles. The van der Waals surface area contributed by atoms with Crippen LogP contribution in [0.2, 0.25) is 0 Å². The van der Waals surface area contributed by atoms with Crippen molar-refractivity contribution in [3.05, 3.63) is 59.1 Å². The number of rotatable bonds is 12. The predicted octanol–water partition coefficient (Wildman–Crippen LogP) is 3.32. The summed E-state index contributed by atoms with van der Waals surface area (Å²) in [5.41, 5.74) is 16.0. The second-order valence-corrected chi connectivity index (χ2v) is 10.8. The van der Waals surface area contributed by atoms with Gasteiger partial charge >= 0.3 is 0 Å². The Labute approximate surface area is 232 Å². The molecule has 1 amide bonds. The molecular weight excluding hydrogens is 490 g/mol. The molecule has 3 unspecified atom stereocenters. The van der Waals surface area contributed by atoms with Gasteiger partial charge in [-0.15, -0.1) is 0 Å². The average molecular weight is 534 g/mol. The summed E-state index contributed by atoms with van der Waals surface area (Å²) in [6.07, 6.45) is 10.6. The van der Waals surface area contributed by atoms with Crippen molar-refractivity contribution in [2.45, 2.75) is 64.6 Å². The van der Waals surface area contributed by atoms with Gasteiger partial charge in [-0.05, 0) is 81.7 Å². The highest BCUT2D eigenvalue weighted by molar-refractivity contribution is 5.95. The Hall–Kier alpha value is -3.25. The Morgan fingerprint density at radius 1 is 1.28 bits per heavy atom. The predicted molar refractivity (Wildman–Crippen MR) is 155 cm³/mol. The number of allylic oxidation sites excluding steroid dienone is 3. The van der Waals surface area contributed by atoms with E-state index < -0.39 is 0 Å². The number of nitrogens with zero attached hydrogens (tertiary/aromatic N) is 1. The molecular formula is C31H43N5O3. The van der Waals surface area contributed by atoms with Gasteiger partial charge in [0.2, 0.25) is 0 Å². The molecule has 39 heavy (non-hydrogen) atoms. The number of nitrogens with two attached hydrogens (primary N) is 2. The van der Waals surface area contributed by atoms with Crippen molar-refractivity contribution in [1.29, 1.82) is 0 Å². The zero-order valence-electron chi connectivity index (χ0n) is 23.6. The number of carbonyl (C=O) groups is 1. The monoisotopic (exact) mass is 533 g/mol. The quantitative estimate of drug-likeness (QED) is 0.241. The van der Waals surface area contributed by atoms with Crippen LogP contribution >= 0.6 is 0 Å². The zero-order chi connectivity index (χ0) is 27.9. The molecule has 0 radical (unpaired) electrons. The Bertz CT molecular complexity index is 1190. The van der Waals surface area contributed by atoms with Crippen LogP contribution in [0.4, 0.5) is 0 Å². The van der Waals surface area contributed by atoms with Gasteiger partial charge in [0.1, 0.15) is 12.4 Å². The first-order chi connectivity index (χ1) is 18.8. The maximum absolute atomic E-state index is 12.7. The Kier molecular flexibility index (Phi) is 9.73. The lowest BCUT2D eigenvalue weighted by Crippen LogP contribution is -2.37. The minimum absolute atomic E-state index is 0.0361. The minimum atomic E-state index is -0.0780. The van der Waals surface area contributed by atoms with Gasteiger partial charge in [0.15, 0.2) is 0 Å². The molecule has 1 aromatic carbocycles. The van der Waals surface area contributed by atoms with E-state index in [0.717, 1.165) is 49.2 Å². The Morgan fingerprint density at radius 3 is 2.72 bits per heavy atom. The molecule has 1 aliphatic heterocycles. The fourth-order valence-corrected chi connectivity index (χ4v) is 4.63. The summed E-state index contributed by atoms with van der Waals surface area (Å²) < 4.78 is 11.5. The molecule has 4 rings (SSSR count). The zero-order valence-corrected chi connectivity index (χ0v) is 23.6. The van der Waals surface area contributed by atoms with Crippen LogP contribution in [-0.4, -0.2) is 55.8 Å². The molecule has 8 nitrogen and oxygen atoms in total. The van der Waals surface area contributed by atoms with E-state index in [-0.39, 0.29) is 23.9 Å². The van der Waals surface area contributed by atoms with E-state index in [1.807, 2.05) is 18.3 Å². The molecule has 6 N–H and O–H groups in total. The van der Waals surface area contributed by atoms with Crippen LogP contribution in [0.1, 0.15) is 62.4 Å². The number of nitrogens with one attached hydrogen (secondary N) is 2. The summed E-state index contributed by atoms with van der Waals surface area (Å²) in [5, 5.41) is 6.62. The van der Waals surface area contributed by atoms with Crippen LogP contribution in [0.3, 0.4) is 0 Å². The standard InChI is InChI=1S/C31H43N5O3/c1-20-15-27(22(3)34-13-6-12-32)36(19-24(33)7-5-14-39-29-17-21(29)2)28(16-20)26-11-8-23(18-30(26)38-4)31(37)35-25-9-10-25/h8,11,15-16,18-22,25,29,34H,6,9-10,12-14,17,32-33H2,1-4H3,(H,35,37)/b24-19-/t20?,21?,22?,29-/m1/s1. The van der Waals surface area contributed by atoms with Crippen LogP contribution < -0.4 is 26.8 Å². The van der Waals surface area contributed by atoms with Crippen LogP contribution in [0.5, 0.6) is 5.75 Å². The number of amides is 1. The summed E-state index contributed by atoms with van der Waals surface area (Å²) in [6, 6.07) is 5.93. The van der Waals surface area contributed by atoms with Crippen LogP contribution in [0.25, 0.3) is 5.70 Å². The molecule has 210 valence electrons. The first-order valence-corrected chi connectivity index (χ1v) is 14.0. The van der Waals surface area contributed by atoms with Gasteiger partial charge in [-0.2, -0.15) is 0 Å². The van der Waals surface area contributed by atoms with Crippen molar-refractivity contribution in [2.24, 2.45) is 23.3 Å². The van der Waals surface area contributed by atoms with E-state index >= 15 is 0 Å². The normalized spacial score (nSPS) is 23.3. The molecule has 4 atom stereocenters. The van der Waals surface area contributed by atoms with Gasteiger partial charge in [-0.3, -0.25) is 4.79 Å². The topological polar surface area (TPSA) is 115 Å². The maximum atomic E-state index is 12.7. The average Bonchev–Trinajstić information content (AvgIpc) is 3.86. The molecule has 0 aromatic heterocycles. The van der Waals surface area contributed by atoms with Crippen molar-refractivity contribution in [3.8, 4) is 17.6 Å². The Balaban J connectivity index is 1.63. The van der Waals surface area contributed by atoms with Crippen LogP contribution in [-0.2, 0) is 4.74 Å². The lowest BCUT2D eigenvalue weighted by molar-refractivity contribution is 0.0950. The molecule has 0 bridgehead atoms. The van der Waals surface area contributed by atoms with E-state index in [1.54, 1.807) is 13.2 Å². The molecule has 0 spiro atoms. The molecule has 3 aliphatic rings. The van der Waals surface area contributed by atoms with E-state index in [9.17, 15) is 4.79 Å². The van der Waals surface area contributed by atoms with Gasteiger partial charge in [-0.1, -0.05) is 31.9 Å². The molecule has 2 fully saturated rings. The molecule has 2 saturated carbocycles. The Morgan fingerprint density at radius 2 is 2.05 bits per heavy atom. The second kappa shape index (κ2) is 13.2. The summed E-state index contributed by atoms with van der Waals surface area (Å²) >= 11 is 0. The third-order valence-corrected chi connectivity index (χ3v) is 7.23. The number of benzene rings is 1. The molecule has 1 heterocycles. The molecule has 8 heteroatoms. The van der Waals surface area contributed by atoms with E-state index in [0.29, 0.717) is 42.2 Å². The van der Waals surface area contributed by atoms with Crippen molar-refractivity contribution < 1.29 is 14.3 Å². The highest BCUT2D eigenvalue weighted by atomic mass is 16.5. The van der Waals surface area contributed by atoms with E-state index in [2.05, 4.69) is 60.3 Å². The number of hydrogen-bond donors (Lipinski definition) is 4. The summed E-state index contributed by atoms with van der Waals surface area (Å²) in [6.45, 7) is 8.26. The lowest BCUT2D eigenvalue weighted by atomic mass is 9.95. The first-order valence-electron chi connectivity index (χ1n) is 14.0. The first kappa shape index (κ1) is 28.8. The van der Waals surface area contributed by atoms with Gasteiger partial charge in [0.05, 0.1) is 24.6 Å². The highest BCUT2D eigenvalue weighted by Gasteiger charge is 2.33. The van der Waals surface area contributed by atoms with Crippen molar-refractivity contribution in [1.82, 2.24) is 15.5 Å². The number of hydrogen-bond acceptors (Lipinski definition) is 7. The summed E-state index contributed by atoms with van der Waals surface area (Å²) in [7, 11) is 1.63. The van der Waals surface area contributed by atoms with Gasteiger partial charge in [0.25, 0.3) is 5.91 Å². The highest BCUT2D eigenvalue weighted by Crippen LogP contribution is 2.37. The van der Waals surface area contributed by atoms with Gasteiger partial charge < -0.3 is 36.5 Å². The summed E-state index contributed by atoms with van der Waals surface area (Å²) in [5.74, 6) is 7.42. The largest absolute Gasteiger partial charge is 0.496 e. The SMILES string of the molecule is COc1cc(C(=O)NC2CC2)ccc1C1=CC(C)C=C(C(C)NCCCN)N1/C=C(\N)C#CCO[C@@H]1CC1C. The minimum Gasteiger partial charge on any atom is -0.496 e. The van der Waals surface area contributed by atoms with E-state index in [4.69, 9.17) is 20.9 Å². The van der Waals surface area contributed by atoms with Crippen molar-refractivity contribution >= 4 is 11.6 Å². The third kappa shape index (κ3) is 7.89. The number of ether oxygens (including phenoxy) is 2. The van der Waals surface area contributed by atoms with Gasteiger partial charge in [0, 0.05) is 35.1 Å². The fraction of sp³-hybridized carbons (Fsp3) is 0.516.